The van der Waals surface area contributed by atoms with Crippen molar-refractivity contribution < 1.29 is 32.7 Å². The standard InChI is InChI=1S/C48H59F2N5O5/c1-11-18-60-42-23-31(43(56)52-26-47(6,7)8)12-16-36(42)37-19-33(21-39(49)28(37)3)44(57)53-30(5)27(2)24-48(9,10)55-46(59)32-13-17-41(51-25-32)38-20-34(22-40(50)29(38)4)45(58)54-35-14-15-35/h12-13,16-17,19-23,25,27,30,35H,11,14-15,18,24,26H2,1-10H3,(H,52,56)(H,53,57)(H,54,58)(H,55,59). The fourth-order valence-corrected chi connectivity index (χ4v) is 6.86. The van der Waals surface area contributed by atoms with Crippen molar-refractivity contribution in [1.29, 1.82) is 0 Å². The van der Waals surface area contributed by atoms with Crippen LogP contribution in [0.1, 0.15) is 134 Å². The number of halogens is 2. The zero-order valence-electron chi connectivity index (χ0n) is 36.5. The predicted molar refractivity (Wildman–Crippen MR) is 231 cm³/mol. The van der Waals surface area contributed by atoms with E-state index in [4.69, 9.17) is 4.74 Å². The van der Waals surface area contributed by atoms with E-state index in [2.05, 4.69) is 26.3 Å². The van der Waals surface area contributed by atoms with Gasteiger partial charge in [0.2, 0.25) is 0 Å². The third-order valence-corrected chi connectivity index (χ3v) is 10.7. The SMILES string of the molecule is CCCOc1cc(C(=O)NCC(C)(C)C)ccc1-c1cc(C(=O)NC(C)C(C)CC(C)(C)NC(=O)c2ccc(-c3cc(C(=O)NC4CC4)cc(F)c3C)nc2)cc(F)c1C. The van der Waals surface area contributed by atoms with Gasteiger partial charge in [-0.1, -0.05) is 34.6 Å². The van der Waals surface area contributed by atoms with E-state index < -0.39 is 23.1 Å². The molecule has 60 heavy (non-hydrogen) atoms. The maximum Gasteiger partial charge on any atom is 0.253 e. The van der Waals surface area contributed by atoms with Crippen molar-refractivity contribution in [2.45, 2.75) is 113 Å². The Bertz CT molecular complexity index is 2250. The van der Waals surface area contributed by atoms with E-state index in [-0.39, 0.29) is 52.3 Å². The number of pyridine rings is 1. The number of aromatic nitrogens is 1. The Morgan fingerprint density at radius 3 is 1.98 bits per heavy atom. The number of carbonyl (C=O) groups excluding carboxylic acids is 4. The second-order valence-corrected chi connectivity index (χ2v) is 18.0. The Kier molecular flexibility index (Phi) is 14.2. The summed E-state index contributed by atoms with van der Waals surface area (Å²) in [5, 5.41) is 11.9. The summed E-state index contributed by atoms with van der Waals surface area (Å²) in [5.74, 6) is -2.15. The van der Waals surface area contributed by atoms with Crippen molar-refractivity contribution in [2.75, 3.05) is 13.2 Å². The van der Waals surface area contributed by atoms with Gasteiger partial charge in [0.15, 0.2) is 0 Å². The summed E-state index contributed by atoms with van der Waals surface area (Å²) in [7, 11) is 0. The van der Waals surface area contributed by atoms with Crippen LogP contribution in [0.25, 0.3) is 22.4 Å². The van der Waals surface area contributed by atoms with Crippen molar-refractivity contribution in [3.8, 4) is 28.1 Å². The molecular formula is C48H59F2N5O5. The first-order valence-corrected chi connectivity index (χ1v) is 20.7. The number of rotatable bonds is 16. The summed E-state index contributed by atoms with van der Waals surface area (Å²) in [6, 6.07) is 13.8. The fraction of sp³-hybridized carbons (Fsp3) is 0.438. The van der Waals surface area contributed by atoms with Crippen LogP contribution in [0.2, 0.25) is 0 Å². The Balaban J connectivity index is 1.24. The van der Waals surface area contributed by atoms with Crippen LogP contribution in [0.5, 0.6) is 5.75 Å². The van der Waals surface area contributed by atoms with Crippen molar-refractivity contribution in [3.05, 3.63) is 106 Å². The lowest BCUT2D eigenvalue weighted by Crippen LogP contribution is -2.47. The highest BCUT2D eigenvalue weighted by Gasteiger charge is 2.29. The number of nitrogens with zero attached hydrogens (tertiary/aromatic N) is 1. The van der Waals surface area contributed by atoms with Gasteiger partial charge in [0, 0.05) is 58.2 Å². The van der Waals surface area contributed by atoms with Gasteiger partial charge in [-0.2, -0.15) is 0 Å². The maximum absolute atomic E-state index is 15.5. The first-order valence-electron chi connectivity index (χ1n) is 20.7. The predicted octanol–water partition coefficient (Wildman–Crippen LogP) is 9.12. The van der Waals surface area contributed by atoms with Crippen LogP contribution in [-0.4, -0.2) is 59.4 Å². The smallest absolute Gasteiger partial charge is 0.253 e. The molecule has 320 valence electrons. The van der Waals surface area contributed by atoms with Gasteiger partial charge in [-0.3, -0.25) is 24.2 Å². The molecule has 4 amide bonds. The van der Waals surface area contributed by atoms with Crippen molar-refractivity contribution in [3.63, 3.8) is 0 Å². The van der Waals surface area contributed by atoms with Gasteiger partial charge in [0.25, 0.3) is 23.6 Å². The van der Waals surface area contributed by atoms with E-state index in [0.717, 1.165) is 19.3 Å². The van der Waals surface area contributed by atoms with E-state index >= 15 is 4.39 Å². The van der Waals surface area contributed by atoms with Gasteiger partial charge < -0.3 is 26.0 Å². The normalized spacial score (nSPS) is 13.9. The molecule has 12 heteroatoms. The van der Waals surface area contributed by atoms with E-state index in [1.54, 1.807) is 56.3 Å². The van der Waals surface area contributed by atoms with Gasteiger partial charge in [-0.05, 0) is 143 Å². The summed E-state index contributed by atoms with van der Waals surface area (Å²) in [4.78, 5) is 57.2. The van der Waals surface area contributed by atoms with Gasteiger partial charge in [-0.25, -0.2) is 8.78 Å². The zero-order valence-corrected chi connectivity index (χ0v) is 36.5. The van der Waals surface area contributed by atoms with E-state index in [9.17, 15) is 23.6 Å². The highest BCUT2D eigenvalue weighted by atomic mass is 19.1. The molecule has 5 rings (SSSR count). The summed E-state index contributed by atoms with van der Waals surface area (Å²) in [6.07, 6.45) is 4.46. The molecule has 1 saturated carbocycles. The molecule has 1 fully saturated rings. The number of ether oxygens (including phenoxy) is 1. The lowest BCUT2D eigenvalue weighted by molar-refractivity contribution is 0.0876. The van der Waals surface area contributed by atoms with Crippen LogP contribution in [-0.2, 0) is 0 Å². The molecular weight excluding hydrogens is 765 g/mol. The molecule has 4 N–H and O–H groups in total. The van der Waals surface area contributed by atoms with Crippen LogP contribution in [0.15, 0.2) is 60.8 Å². The third kappa shape index (κ3) is 11.8. The highest BCUT2D eigenvalue weighted by molar-refractivity contribution is 5.98. The number of hydrogen-bond acceptors (Lipinski definition) is 6. The fourth-order valence-electron chi connectivity index (χ4n) is 6.86. The first kappa shape index (κ1) is 45.4. The Labute approximate surface area is 352 Å². The van der Waals surface area contributed by atoms with Crippen LogP contribution < -0.4 is 26.0 Å². The number of nitrogens with one attached hydrogen (secondary N) is 4. The van der Waals surface area contributed by atoms with Crippen LogP contribution >= 0.6 is 0 Å². The van der Waals surface area contributed by atoms with Crippen LogP contribution in [0.4, 0.5) is 8.78 Å². The minimum absolute atomic E-state index is 0.0996. The molecule has 2 unspecified atom stereocenters. The second kappa shape index (κ2) is 18.7. The third-order valence-electron chi connectivity index (χ3n) is 10.7. The Hall–Kier alpha value is -5.65. The molecule has 0 bridgehead atoms. The number of benzene rings is 3. The van der Waals surface area contributed by atoms with Crippen molar-refractivity contribution in [2.24, 2.45) is 11.3 Å². The summed E-state index contributed by atoms with van der Waals surface area (Å²) in [5.41, 5.74) is 2.90. The van der Waals surface area contributed by atoms with Crippen molar-refractivity contribution in [1.82, 2.24) is 26.3 Å². The molecule has 0 saturated heterocycles. The Morgan fingerprint density at radius 1 is 0.767 bits per heavy atom. The highest BCUT2D eigenvalue weighted by Crippen LogP contribution is 2.36. The van der Waals surface area contributed by atoms with Gasteiger partial charge >= 0.3 is 0 Å². The molecule has 1 heterocycles. The number of amides is 4. The maximum atomic E-state index is 15.5. The molecule has 1 aromatic heterocycles. The molecule has 3 aromatic carbocycles. The molecule has 0 aliphatic heterocycles. The molecule has 10 nitrogen and oxygen atoms in total. The summed E-state index contributed by atoms with van der Waals surface area (Å²) < 4.78 is 36.5. The summed E-state index contributed by atoms with van der Waals surface area (Å²) >= 11 is 0. The average Bonchev–Trinajstić information content (AvgIpc) is 4.01. The first-order chi connectivity index (χ1) is 28.2. The quantitative estimate of drug-likeness (QED) is 0.0890. The van der Waals surface area contributed by atoms with Crippen molar-refractivity contribution >= 4 is 23.6 Å². The topological polar surface area (TPSA) is 139 Å². The molecule has 4 aromatic rings. The molecule has 1 aliphatic rings. The molecule has 0 radical (unpaired) electrons. The van der Waals surface area contributed by atoms with Gasteiger partial charge in [0.05, 0.1) is 17.9 Å². The van der Waals surface area contributed by atoms with Gasteiger partial charge in [-0.15, -0.1) is 0 Å². The second-order valence-electron chi connectivity index (χ2n) is 18.0. The van der Waals surface area contributed by atoms with E-state index in [0.29, 0.717) is 70.0 Å². The van der Waals surface area contributed by atoms with Crippen LogP contribution in [0, 0.1) is 36.8 Å². The largest absolute Gasteiger partial charge is 0.493 e. The number of carbonyl (C=O) groups is 4. The Morgan fingerprint density at radius 2 is 1.38 bits per heavy atom. The summed E-state index contributed by atoms with van der Waals surface area (Å²) in [6.45, 7) is 19.8. The molecule has 0 spiro atoms. The minimum Gasteiger partial charge on any atom is -0.493 e. The monoisotopic (exact) mass is 823 g/mol. The van der Waals surface area contributed by atoms with E-state index in [1.807, 2.05) is 55.4 Å². The molecule has 2 atom stereocenters. The minimum atomic E-state index is -0.703. The van der Waals surface area contributed by atoms with Gasteiger partial charge in [0.1, 0.15) is 17.4 Å². The average molecular weight is 824 g/mol. The zero-order chi connectivity index (χ0) is 44.1. The molecule has 1 aliphatic carbocycles. The lowest BCUT2D eigenvalue weighted by Gasteiger charge is -2.32. The van der Waals surface area contributed by atoms with E-state index in [1.165, 1.54) is 18.3 Å². The van der Waals surface area contributed by atoms with Crippen LogP contribution in [0.3, 0.4) is 0 Å². The number of hydrogen-bond donors (Lipinski definition) is 4. The lowest BCUT2D eigenvalue weighted by atomic mass is 9.87.